The molecule has 1 aliphatic heterocycles. The van der Waals surface area contributed by atoms with Crippen LogP contribution in [0.4, 0.5) is 0 Å². The minimum atomic E-state index is 1.18. The molecule has 0 atom stereocenters. The lowest BCUT2D eigenvalue weighted by molar-refractivity contribution is 1.58. The molecule has 0 aromatic rings. The Morgan fingerprint density at radius 1 is 1.86 bits per heavy atom. The molecule has 1 aliphatic rings. The van der Waals surface area contributed by atoms with E-state index in [2.05, 4.69) is 10.7 Å². The van der Waals surface area contributed by atoms with Gasteiger partial charge in [0.25, 0.3) is 0 Å². The van der Waals surface area contributed by atoms with Crippen molar-refractivity contribution in [3.05, 3.63) is 16.8 Å². The largest absolute Gasteiger partial charge is 0.249 e. The first-order valence-corrected chi connectivity index (χ1v) is 2.87. The number of hydrogen-bond donors (Lipinski definition) is 0. The summed E-state index contributed by atoms with van der Waals surface area (Å²) in [4.78, 5) is 4.98. The predicted octanol–water partition coefficient (Wildman–Crippen LogP) is 1.78. The van der Waals surface area contributed by atoms with Gasteiger partial charge < -0.3 is 0 Å². The maximum absolute atomic E-state index is 3.81. The van der Waals surface area contributed by atoms with E-state index in [1.165, 1.54) is 4.91 Å². The first-order chi connectivity index (χ1) is 3.39. The van der Waals surface area contributed by atoms with Gasteiger partial charge in [-0.25, -0.2) is 4.99 Å². The first-order valence-electron chi connectivity index (χ1n) is 1.99. The van der Waals surface area contributed by atoms with Crippen LogP contribution in [0, 0.1) is 0 Å². The zero-order valence-electron chi connectivity index (χ0n) is 4.01. The highest BCUT2D eigenvalue weighted by Crippen LogP contribution is 2.11. The molecular formula is C5H5NS. The van der Waals surface area contributed by atoms with Gasteiger partial charge in [-0.1, -0.05) is 17.5 Å². The molecule has 0 unspecified atom stereocenters. The van der Waals surface area contributed by atoms with Gasteiger partial charge in [-0.05, 0) is 6.92 Å². The van der Waals surface area contributed by atoms with E-state index in [0.717, 1.165) is 0 Å². The minimum Gasteiger partial charge on any atom is -0.249 e. The maximum Gasteiger partial charge on any atom is 0.0701 e. The number of rotatable bonds is 0. The van der Waals surface area contributed by atoms with Gasteiger partial charge in [0.2, 0.25) is 0 Å². The molecule has 1 nitrogen and oxygen atoms in total. The molecule has 0 aromatic carbocycles. The SMILES string of the molecule is CC1=C=CN=CS1. The lowest BCUT2D eigenvalue weighted by Crippen LogP contribution is -1.68. The Kier molecular flexibility index (Phi) is 1.35. The van der Waals surface area contributed by atoms with Gasteiger partial charge in [0, 0.05) is 4.91 Å². The van der Waals surface area contributed by atoms with Gasteiger partial charge in [0.05, 0.1) is 11.7 Å². The summed E-state index contributed by atoms with van der Waals surface area (Å²) >= 11 is 1.60. The summed E-state index contributed by atoms with van der Waals surface area (Å²) in [6, 6.07) is 0. The van der Waals surface area contributed by atoms with E-state index in [4.69, 9.17) is 0 Å². The van der Waals surface area contributed by atoms with Gasteiger partial charge in [0.15, 0.2) is 0 Å². The molecule has 0 saturated heterocycles. The zero-order valence-corrected chi connectivity index (χ0v) is 4.83. The van der Waals surface area contributed by atoms with Crippen LogP contribution in [0.3, 0.4) is 0 Å². The molecule has 0 bridgehead atoms. The van der Waals surface area contributed by atoms with Crippen LogP contribution in [0.25, 0.3) is 0 Å². The van der Waals surface area contributed by atoms with Crippen molar-refractivity contribution >= 4 is 17.3 Å². The fourth-order valence-electron chi connectivity index (χ4n) is 0.302. The minimum absolute atomic E-state index is 1.18. The molecule has 0 N–H and O–H groups in total. The normalized spacial score (nSPS) is 17.0. The lowest BCUT2D eigenvalue weighted by Gasteiger charge is -1.89. The maximum atomic E-state index is 3.81. The van der Waals surface area contributed by atoms with Crippen molar-refractivity contribution in [3.8, 4) is 0 Å². The molecule has 2 heteroatoms. The summed E-state index contributed by atoms with van der Waals surface area (Å²) in [5.41, 5.74) is 4.74. The molecule has 0 amide bonds. The van der Waals surface area contributed by atoms with Gasteiger partial charge in [0.1, 0.15) is 0 Å². The Morgan fingerprint density at radius 3 is 3.00 bits per heavy atom. The lowest BCUT2D eigenvalue weighted by atomic mass is 10.6. The fourth-order valence-corrected chi connectivity index (χ4v) is 0.703. The summed E-state index contributed by atoms with van der Waals surface area (Å²) in [6.07, 6.45) is 1.67. The molecule has 0 spiro atoms. The van der Waals surface area contributed by atoms with Crippen LogP contribution in [-0.2, 0) is 0 Å². The molecule has 0 aromatic heterocycles. The van der Waals surface area contributed by atoms with E-state index >= 15 is 0 Å². The van der Waals surface area contributed by atoms with E-state index in [9.17, 15) is 0 Å². The summed E-state index contributed by atoms with van der Waals surface area (Å²) in [5.74, 6) is 0. The highest BCUT2D eigenvalue weighted by atomic mass is 32.2. The summed E-state index contributed by atoms with van der Waals surface area (Å²) in [7, 11) is 0. The summed E-state index contributed by atoms with van der Waals surface area (Å²) < 4.78 is 0. The van der Waals surface area contributed by atoms with E-state index in [1.807, 2.05) is 6.92 Å². The topological polar surface area (TPSA) is 12.4 Å². The van der Waals surface area contributed by atoms with E-state index in [1.54, 1.807) is 23.5 Å². The quantitative estimate of drug-likeness (QED) is 0.434. The second-order valence-corrected chi connectivity index (χ2v) is 2.26. The molecule has 1 heterocycles. The monoisotopic (exact) mass is 111 g/mol. The van der Waals surface area contributed by atoms with Crippen LogP contribution in [0.15, 0.2) is 21.8 Å². The number of thioether (sulfide) groups is 1. The average Bonchev–Trinajstić information content (AvgIpc) is 1.69. The second kappa shape index (κ2) is 2.01. The van der Waals surface area contributed by atoms with Crippen LogP contribution in [0.2, 0.25) is 0 Å². The van der Waals surface area contributed by atoms with E-state index in [0.29, 0.717) is 0 Å². The molecule has 0 fully saturated rings. The van der Waals surface area contributed by atoms with Gasteiger partial charge >= 0.3 is 0 Å². The highest BCUT2D eigenvalue weighted by Gasteiger charge is 1.84. The highest BCUT2D eigenvalue weighted by molar-refractivity contribution is 8.15. The number of nitrogens with zero attached hydrogens (tertiary/aromatic N) is 1. The summed E-state index contributed by atoms with van der Waals surface area (Å²) in [6.45, 7) is 2.01. The van der Waals surface area contributed by atoms with E-state index in [-0.39, 0.29) is 0 Å². The van der Waals surface area contributed by atoms with Crippen molar-refractivity contribution in [2.45, 2.75) is 6.92 Å². The van der Waals surface area contributed by atoms with Gasteiger partial charge in [-0.3, -0.25) is 0 Å². The Morgan fingerprint density at radius 2 is 2.71 bits per heavy atom. The summed E-state index contributed by atoms with van der Waals surface area (Å²) in [5, 5.41) is 0. The molecule has 0 aliphatic carbocycles. The van der Waals surface area contributed by atoms with Crippen LogP contribution in [-0.4, -0.2) is 5.55 Å². The smallest absolute Gasteiger partial charge is 0.0701 e. The molecule has 36 valence electrons. The Hall–Kier alpha value is -0.460. The van der Waals surface area contributed by atoms with Crippen LogP contribution in [0.5, 0.6) is 0 Å². The number of aliphatic imine (C=N–C) groups is 1. The number of allylic oxidation sites excluding steroid dienone is 1. The average molecular weight is 111 g/mol. The van der Waals surface area contributed by atoms with Gasteiger partial charge in [-0.15, -0.1) is 0 Å². The first kappa shape index (κ1) is 4.69. The third-order valence-corrected chi connectivity index (χ3v) is 1.33. The van der Waals surface area contributed by atoms with E-state index < -0.39 is 0 Å². The second-order valence-electron chi connectivity index (χ2n) is 1.20. The predicted molar refractivity (Wildman–Crippen MR) is 33.4 cm³/mol. The van der Waals surface area contributed by atoms with Crippen molar-refractivity contribution in [1.29, 1.82) is 0 Å². The third-order valence-electron chi connectivity index (χ3n) is 0.633. The van der Waals surface area contributed by atoms with Crippen molar-refractivity contribution in [2.75, 3.05) is 0 Å². The number of hydrogen-bond acceptors (Lipinski definition) is 2. The van der Waals surface area contributed by atoms with Crippen LogP contribution in [0.1, 0.15) is 6.92 Å². The van der Waals surface area contributed by atoms with Crippen LogP contribution < -0.4 is 0 Å². The molecule has 7 heavy (non-hydrogen) atoms. The molecule has 0 saturated carbocycles. The zero-order chi connectivity index (χ0) is 5.11. The van der Waals surface area contributed by atoms with Crippen molar-refractivity contribution < 1.29 is 0 Å². The van der Waals surface area contributed by atoms with Gasteiger partial charge in [-0.2, -0.15) is 0 Å². The van der Waals surface area contributed by atoms with Crippen molar-refractivity contribution in [3.63, 3.8) is 0 Å². The van der Waals surface area contributed by atoms with Crippen LogP contribution >= 0.6 is 11.8 Å². The van der Waals surface area contributed by atoms with Crippen molar-refractivity contribution in [2.24, 2.45) is 4.99 Å². The third kappa shape index (κ3) is 1.22. The molecule has 1 rings (SSSR count). The molecular weight excluding hydrogens is 106 g/mol. The Bertz CT molecular complexity index is 151. The molecule has 0 radical (unpaired) electrons. The Balaban J connectivity index is 2.84. The fraction of sp³-hybridized carbons (Fsp3) is 0.200. The Labute approximate surface area is 46.8 Å². The standard InChI is InChI=1S/C5H5NS/c1-5-2-3-6-4-7-5/h3-4H,1H3. The van der Waals surface area contributed by atoms with Crippen molar-refractivity contribution in [1.82, 2.24) is 0 Å².